The van der Waals surface area contributed by atoms with Crippen molar-refractivity contribution in [3.8, 4) is 10.6 Å². The minimum absolute atomic E-state index is 0.294. The van der Waals surface area contributed by atoms with Gasteiger partial charge in [0, 0.05) is 30.2 Å². The van der Waals surface area contributed by atoms with E-state index < -0.39 is 5.91 Å². The molecule has 2 N–H and O–H groups in total. The molecule has 1 aliphatic heterocycles. The lowest BCUT2D eigenvalue weighted by Gasteiger charge is -2.27. The molecule has 3 rings (SSSR count). The minimum Gasteiger partial charge on any atom is -0.378 e. The van der Waals surface area contributed by atoms with Gasteiger partial charge in [0.2, 0.25) is 0 Å². The van der Waals surface area contributed by atoms with Crippen LogP contribution in [0.5, 0.6) is 0 Å². The summed E-state index contributed by atoms with van der Waals surface area (Å²) in [5.41, 5.74) is 6.38. The molecule has 1 amide bonds. The van der Waals surface area contributed by atoms with Crippen molar-refractivity contribution in [1.29, 1.82) is 0 Å². The lowest BCUT2D eigenvalue weighted by atomic mass is 10.3. The van der Waals surface area contributed by atoms with Gasteiger partial charge in [-0.05, 0) is 12.1 Å². The van der Waals surface area contributed by atoms with Gasteiger partial charge in [0.05, 0.1) is 13.2 Å². The fraction of sp³-hybridized carbons (Fsp3) is 0.308. The second kappa shape index (κ2) is 5.56. The molecule has 1 saturated heterocycles. The second-order valence-electron chi connectivity index (χ2n) is 4.41. The van der Waals surface area contributed by atoms with Crippen LogP contribution in [0.25, 0.3) is 10.6 Å². The molecule has 0 aromatic carbocycles. The van der Waals surface area contributed by atoms with Gasteiger partial charge in [-0.15, -0.1) is 11.3 Å². The van der Waals surface area contributed by atoms with Gasteiger partial charge in [-0.1, -0.05) is 0 Å². The van der Waals surface area contributed by atoms with Gasteiger partial charge in [0.15, 0.2) is 0 Å². The molecule has 104 valence electrons. The molecule has 6 nitrogen and oxygen atoms in total. The molecule has 3 heterocycles. The number of carbonyl (C=O) groups is 1. The fourth-order valence-electron chi connectivity index (χ4n) is 2.01. The van der Waals surface area contributed by atoms with E-state index in [1.54, 1.807) is 11.6 Å². The Morgan fingerprint density at radius 2 is 2.15 bits per heavy atom. The summed E-state index contributed by atoms with van der Waals surface area (Å²) in [6, 6.07) is 3.92. The summed E-state index contributed by atoms with van der Waals surface area (Å²) in [5, 5.41) is 2.41. The molecule has 1 aliphatic rings. The zero-order valence-electron chi connectivity index (χ0n) is 10.8. The average molecular weight is 290 g/mol. The number of pyridine rings is 1. The molecule has 0 unspecified atom stereocenters. The van der Waals surface area contributed by atoms with Gasteiger partial charge in [0.25, 0.3) is 5.91 Å². The summed E-state index contributed by atoms with van der Waals surface area (Å²) in [5.74, 6) is 0.425. The fourth-order valence-corrected chi connectivity index (χ4v) is 2.81. The van der Waals surface area contributed by atoms with Crippen molar-refractivity contribution in [3.05, 3.63) is 29.4 Å². The van der Waals surface area contributed by atoms with Crippen molar-refractivity contribution < 1.29 is 9.53 Å². The molecule has 0 radical (unpaired) electrons. The number of nitrogens with zero attached hydrogens (tertiary/aromatic N) is 3. The number of morpholine rings is 1. The number of nitrogens with two attached hydrogens (primary N) is 1. The second-order valence-corrected chi connectivity index (χ2v) is 5.26. The number of amides is 1. The lowest BCUT2D eigenvalue weighted by Crippen LogP contribution is -2.36. The zero-order chi connectivity index (χ0) is 13.9. The summed E-state index contributed by atoms with van der Waals surface area (Å²) < 4.78 is 5.32. The van der Waals surface area contributed by atoms with E-state index in [0.717, 1.165) is 42.7 Å². The van der Waals surface area contributed by atoms with E-state index in [2.05, 4.69) is 14.9 Å². The Bertz CT molecular complexity index is 605. The quantitative estimate of drug-likeness (QED) is 0.916. The Morgan fingerprint density at radius 3 is 2.75 bits per heavy atom. The number of thiazole rings is 1. The van der Waals surface area contributed by atoms with Crippen LogP contribution in [0.2, 0.25) is 0 Å². The van der Waals surface area contributed by atoms with Gasteiger partial charge in [0.1, 0.15) is 16.5 Å². The SMILES string of the molecule is NC(=O)c1csc(-c2ccc(N3CCOCC3)nc2)n1. The Labute approximate surface area is 120 Å². The predicted octanol–water partition coefficient (Wildman–Crippen LogP) is 1.14. The van der Waals surface area contributed by atoms with Crippen molar-refractivity contribution in [2.75, 3.05) is 31.2 Å². The number of ether oxygens (including phenoxy) is 1. The summed E-state index contributed by atoms with van der Waals surface area (Å²) in [4.78, 5) is 21.9. The van der Waals surface area contributed by atoms with Crippen molar-refractivity contribution in [1.82, 2.24) is 9.97 Å². The highest BCUT2D eigenvalue weighted by atomic mass is 32.1. The van der Waals surface area contributed by atoms with Gasteiger partial charge in [-0.3, -0.25) is 4.79 Å². The van der Waals surface area contributed by atoms with Crippen LogP contribution in [-0.4, -0.2) is 42.2 Å². The Kier molecular flexibility index (Phi) is 3.62. The van der Waals surface area contributed by atoms with Crippen LogP contribution >= 0.6 is 11.3 Å². The van der Waals surface area contributed by atoms with Gasteiger partial charge < -0.3 is 15.4 Å². The Balaban J connectivity index is 1.79. The number of hydrogen-bond acceptors (Lipinski definition) is 6. The minimum atomic E-state index is -0.509. The Hall–Kier alpha value is -1.99. The van der Waals surface area contributed by atoms with Crippen LogP contribution in [0, 0.1) is 0 Å². The van der Waals surface area contributed by atoms with E-state index >= 15 is 0 Å². The highest BCUT2D eigenvalue weighted by molar-refractivity contribution is 7.13. The maximum Gasteiger partial charge on any atom is 0.268 e. The first-order valence-electron chi connectivity index (χ1n) is 6.28. The number of rotatable bonds is 3. The standard InChI is InChI=1S/C13H14N4O2S/c14-12(18)10-8-20-13(16-10)9-1-2-11(15-7-9)17-3-5-19-6-4-17/h1-2,7-8H,3-6H2,(H2,14,18). The molecular weight excluding hydrogens is 276 g/mol. The number of aromatic nitrogens is 2. The summed E-state index contributed by atoms with van der Waals surface area (Å²) in [6.07, 6.45) is 1.77. The summed E-state index contributed by atoms with van der Waals surface area (Å²) >= 11 is 1.39. The first kappa shape index (κ1) is 13.0. The van der Waals surface area contributed by atoms with E-state index in [4.69, 9.17) is 10.5 Å². The lowest BCUT2D eigenvalue weighted by molar-refractivity contribution is 0.0996. The van der Waals surface area contributed by atoms with Crippen molar-refractivity contribution in [2.45, 2.75) is 0 Å². The maximum absolute atomic E-state index is 11.0. The molecule has 0 spiro atoms. The highest BCUT2D eigenvalue weighted by Crippen LogP contribution is 2.24. The molecule has 2 aromatic rings. The third kappa shape index (κ3) is 2.63. The monoisotopic (exact) mass is 290 g/mol. The van der Waals surface area contributed by atoms with Gasteiger partial charge in [-0.2, -0.15) is 0 Å². The normalized spacial score (nSPS) is 15.3. The third-order valence-corrected chi connectivity index (χ3v) is 3.98. The first-order valence-corrected chi connectivity index (χ1v) is 7.16. The van der Waals surface area contributed by atoms with E-state index in [-0.39, 0.29) is 0 Å². The molecule has 2 aromatic heterocycles. The number of primary amides is 1. The van der Waals surface area contributed by atoms with Gasteiger partial charge >= 0.3 is 0 Å². The van der Waals surface area contributed by atoms with Crippen LogP contribution < -0.4 is 10.6 Å². The van der Waals surface area contributed by atoms with Crippen LogP contribution in [-0.2, 0) is 4.74 Å². The summed E-state index contributed by atoms with van der Waals surface area (Å²) in [6.45, 7) is 3.18. The highest BCUT2D eigenvalue weighted by Gasteiger charge is 2.13. The zero-order valence-corrected chi connectivity index (χ0v) is 11.6. The van der Waals surface area contributed by atoms with E-state index in [1.807, 2.05) is 12.1 Å². The molecule has 0 aliphatic carbocycles. The third-order valence-electron chi connectivity index (χ3n) is 3.09. The van der Waals surface area contributed by atoms with E-state index in [1.165, 1.54) is 11.3 Å². The molecular formula is C13H14N4O2S. The van der Waals surface area contributed by atoms with Crippen LogP contribution in [0.3, 0.4) is 0 Å². The number of anilines is 1. The Morgan fingerprint density at radius 1 is 1.35 bits per heavy atom. The molecule has 0 saturated carbocycles. The van der Waals surface area contributed by atoms with Gasteiger partial charge in [-0.25, -0.2) is 9.97 Å². The molecule has 7 heteroatoms. The average Bonchev–Trinajstić information content (AvgIpc) is 2.98. The first-order chi connectivity index (χ1) is 9.74. The number of hydrogen-bond donors (Lipinski definition) is 1. The van der Waals surface area contributed by atoms with Crippen LogP contribution in [0.15, 0.2) is 23.7 Å². The predicted molar refractivity (Wildman–Crippen MR) is 76.9 cm³/mol. The maximum atomic E-state index is 11.0. The largest absolute Gasteiger partial charge is 0.378 e. The molecule has 0 atom stereocenters. The van der Waals surface area contributed by atoms with Crippen LogP contribution in [0.4, 0.5) is 5.82 Å². The molecule has 1 fully saturated rings. The summed E-state index contributed by atoms with van der Waals surface area (Å²) in [7, 11) is 0. The number of carbonyl (C=O) groups excluding carboxylic acids is 1. The van der Waals surface area contributed by atoms with E-state index in [9.17, 15) is 4.79 Å². The topological polar surface area (TPSA) is 81.3 Å². The molecule has 20 heavy (non-hydrogen) atoms. The van der Waals surface area contributed by atoms with Crippen molar-refractivity contribution in [3.63, 3.8) is 0 Å². The molecule has 0 bridgehead atoms. The smallest absolute Gasteiger partial charge is 0.268 e. The van der Waals surface area contributed by atoms with Crippen molar-refractivity contribution in [2.24, 2.45) is 5.73 Å². The van der Waals surface area contributed by atoms with E-state index in [0.29, 0.717) is 5.69 Å². The van der Waals surface area contributed by atoms with Crippen LogP contribution in [0.1, 0.15) is 10.5 Å². The van der Waals surface area contributed by atoms with Crippen molar-refractivity contribution >= 4 is 23.1 Å².